The Morgan fingerprint density at radius 3 is 2.32 bits per heavy atom. The van der Waals surface area contributed by atoms with Crippen LogP contribution in [-0.2, 0) is 10.5 Å². The zero-order chi connectivity index (χ0) is 13.9. The second-order valence-corrected chi connectivity index (χ2v) is 5.35. The third-order valence-electron chi connectivity index (χ3n) is 3.71. The van der Waals surface area contributed by atoms with Crippen LogP contribution >= 0.6 is 0 Å². The van der Waals surface area contributed by atoms with Gasteiger partial charge in [-0.3, -0.25) is 9.69 Å². The molecule has 4 heteroatoms. The van der Waals surface area contributed by atoms with Crippen molar-refractivity contribution in [3.8, 4) is 0 Å². The number of nitrogens with zero attached hydrogens (tertiary/aromatic N) is 2. The Morgan fingerprint density at radius 1 is 1.21 bits per heavy atom. The summed E-state index contributed by atoms with van der Waals surface area (Å²) >= 11 is 0. The number of piperazine rings is 1. The van der Waals surface area contributed by atoms with Crippen molar-refractivity contribution in [2.45, 2.75) is 19.5 Å². The van der Waals surface area contributed by atoms with Crippen molar-refractivity contribution in [3.63, 3.8) is 0 Å². The Balaban J connectivity index is 1.93. The number of carbonyl (C=O) groups is 1. The van der Waals surface area contributed by atoms with Gasteiger partial charge in [-0.25, -0.2) is 4.39 Å². The molecule has 1 aliphatic heterocycles. The van der Waals surface area contributed by atoms with Crippen LogP contribution in [0.3, 0.4) is 0 Å². The van der Waals surface area contributed by atoms with Crippen molar-refractivity contribution in [2.24, 2.45) is 0 Å². The van der Waals surface area contributed by atoms with E-state index in [0.717, 1.165) is 13.1 Å². The normalized spacial score (nSPS) is 20.1. The second kappa shape index (κ2) is 5.70. The summed E-state index contributed by atoms with van der Waals surface area (Å²) in [4.78, 5) is 15.1. The van der Waals surface area contributed by atoms with Crippen LogP contribution in [0.1, 0.15) is 19.4 Å². The van der Waals surface area contributed by atoms with Gasteiger partial charge in [-0.1, -0.05) is 30.3 Å². The van der Waals surface area contributed by atoms with E-state index in [9.17, 15) is 9.18 Å². The number of hydrogen-bond donors (Lipinski definition) is 0. The summed E-state index contributed by atoms with van der Waals surface area (Å²) < 4.78 is 14.7. The third kappa shape index (κ3) is 3.53. The first-order valence-corrected chi connectivity index (χ1v) is 6.71. The lowest BCUT2D eigenvalue weighted by Crippen LogP contribution is -2.50. The Labute approximate surface area is 114 Å². The van der Waals surface area contributed by atoms with Gasteiger partial charge >= 0.3 is 0 Å². The van der Waals surface area contributed by atoms with E-state index in [4.69, 9.17) is 0 Å². The largest absolute Gasteiger partial charge is 0.340 e. The molecule has 1 aromatic rings. The number of alkyl halides is 1. The molecule has 0 N–H and O–H groups in total. The van der Waals surface area contributed by atoms with Gasteiger partial charge in [0.25, 0.3) is 0 Å². The number of amides is 1. The van der Waals surface area contributed by atoms with E-state index in [0.29, 0.717) is 25.2 Å². The fourth-order valence-corrected chi connectivity index (χ4v) is 2.52. The number of benzene rings is 1. The predicted molar refractivity (Wildman–Crippen MR) is 73.6 cm³/mol. The Morgan fingerprint density at radius 2 is 1.79 bits per heavy atom. The summed E-state index contributed by atoms with van der Waals surface area (Å²) in [5, 5.41) is 0. The van der Waals surface area contributed by atoms with Crippen LogP contribution in [-0.4, -0.2) is 48.4 Å². The van der Waals surface area contributed by atoms with Crippen molar-refractivity contribution in [1.82, 2.24) is 9.80 Å². The summed E-state index contributed by atoms with van der Waals surface area (Å²) in [6, 6.07) is 9.27. The van der Waals surface area contributed by atoms with Crippen molar-refractivity contribution < 1.29 is 9.18 Å². The number of hydrogen-bond acceptors (Lipinski definition) is 2. The quantitative estimate of drug-likeness (QED) is 0.834. The standard InChI is InChI=1S/C15H21FN2O/c1-13(19)18-10-8-17(9-11-18)12-15(2,16)14-6-4-3-5-7-14/h3-7H,8-12H2,1-2H3. The fraction of sp³-hybridized carbons (Fsp3) is 0.533. The molecule has 104 valence electrons. The van der Waals surface area contributed by atoms with E-state index >= 15 is 0 Å². The van der Waals surface area contributed by atoms with Crippen LogP contribution in [0.15, 0.2) is 30.3 Å². The zero-order valence-electron chi connectivity index (χ0n) is 11.6. The van der Waals surface area contributed by atoms with Gasteiger partial charge in [-0.2, -0.15) is 0 Å². The average molecular weight is 264 g/mol. The third-order valence-corrected chi connectivity index (χ3v) is 3.71. The number of halogens is 1. The average Bonchev–Trinajstić information content (AvgIpc) is 2.40. The highest BCUT2D eigenvalue weighted by molar-refractivity contribution is 5.73. The second-order valence-electron chi connectivity index (χ2n) is 5.35. The predicted octanol–water partition coefficient (Wildman–Crippen LogP) is 2.04. The van der Waals surface area contributed by atoms with Crippen LogP contribution in [0.25, 0.3) is 0 Å². The summed E-state index contributed by atoms with van der Waals surface area (Å²) in [6.07, 6.45) is 0. The maximum absolute atomic E-state index is 14.7. The van der Waals surface area contributed by atoms with Crippen molar-refractivity contribution in [1.29, 1.82) is 0 Å². The summed E-state index contributed by atoms with van der Waals surface area (Å²) in [5.74, 6) is 0.103. The molecule has 0 saturated carbocycles. The van der Waals surface area contributed by atoms with E-state index in [1.807, 2.05) is 35.2 Å². The van der Waals surface area contributed by atoms with E-state index in [1.54, 1.807) is 13.8 Å². The Bertz CT molecular complexity index is 425. The van der Waals surface area contributed by atoms with Crippen LogP contribution in [0, 0.1) is 0 Å². The molecule has 1 amide bonds. The molecular weight excluding hydrogens is 243 g/mol. The van der Waals surface area contributed by atoms with Crippen molar-refractivity contribution in [3.05, 3.63) is 35.9 Å². The molecule has 1 fully saturated rings. The van der Waals surface area contributed by atoms with Gasteiger partial charge < -0.3 is 4.90 Å². The molecule has 0 radical (unpaired) electrons. The molecule has 1 aliphatic rings. The van der Waals surface area contributed by atoms with Gasteiger partial charge in [0.1, 0.15) is 5.67 Å². The SMILES string of the molecule is CC(=O)N1CCN(CC(C)(F)c2ccccc2)CC1. The molecule has 19 heavy (non-hydrogen) atoms. The minimum absolute atomic E-state index is 0.103. The highest BCUT2D eigenvalue weighted by atomic mass is 19.1. The maximum atomic E-state index is 14.7. The van der Waals surface area contributed by atoms with E-state index in [1.165, 1.54) is 0 Å². The monoisotopic (exact) mass is 264 g/mol. The number of carbonyl (C=O) groups excluding carboxylic acids is 1. The molecule has 3 nitrogen and oxygen atoms in total. The molecular formula is C15H21FN2O. The highest BCUT2D eigenvalue weighted by Crippen LogP contribution is 2.26. The molecule has 0 spiro atoms. The number of rotatable bonds is 3. The van der Waals surface area contributed by atoms with Gasteiger partial charge in [0.05, 0.1) is 0 Å². The minimum atomic E-state index is -1.35. The molecule has 2 rings (SSSR count). The van der Waals surface area contributed by atoms with E-state index in [-0.39, 0.29) is 5.91 Å². The molecule has 0 aliphatic carbocycles. The lowest BCUT2D eigenvalue weighted by atomic mass is 9.97. The first kappa shape index (κ1) is 14.0. The molecule has 1 unspecified atom stereocenters. The first-order valence-electron chi connectivity index (χ1n) is 6.71. The lowest BCUT2D eigenvalue weighted by Gasteiger charge is -2.37. The highest BCUT2D eigenvalue weighted by Gasteiger charge is 2.30. The summed E-state index contributed by atoms with van der Waals surface area (Å²) in [7, 11) is 0. The van der Waals surface area contributed by atoms with Crippen molar-refractivity contribution >= 4 is 5.91 Å². The topological polar surface area (TPSA) is 23.6 Å². The first-order chi connectivity index (χ1) is 8.99. The molecule has 1 heterocycles. The fourth-order valence-electron chi connectivity index (χ4n) is 2.52. The lowest BCUT2D eigenvalue weighted by molar-refractivity contribution is -0.130. The van der Waals surface area contributed by atoms with Gasteiger partial charge in [-0.15, -0.1) is 0 Å². The smallest absolute Gasteiger partial charge is 0.219 e. The van der Waals surface area contributed by atoms with Crippen LogP contribution in [0.2, 0.25) is 0 Å². The molecule has 0 bridgehead atoms. The van der Waals surface area contributed by atoms with Crippen molar-refractivity contribution in [2.75, 3.05) is 32.7 Å². The van der Waals surface area contributed by atoms with Crippen LogP contribution in [0.4, 0.5) is 4.39 Å². The van der Waals surface area contributed by atoms with Gasteiger partial charge in [0.15, 0.2) is 0 Å². The summed E-state index contributed by atoms with van der Waals surface area (Å²) in [6.45, 7) is 6.46. The Hall–Kier alpha value is -1.42. The zero-order valence-corrected chi connectivity index (χ0v) is 11.6. The van der Waals surface area contributed by atoms with Gasteiger partial charge in [0, 0.05) is 39.6 Å². The molecule has 1 aromatic carbocycles. The molecule has 1 saturated heterocycles. The van der Waals surface area contributed by atoms with E-state index in [2.05, 4.69) is 4.90 Å². The van der Waals surface area contributed by atoms with E-state index < -0.39 is 5.67 Å². The van der Waals surface area contributed by atoms with Crippen LogP contribution in [0.5, 0.6) is 0 Å². The Kier molecular flexibility index (Phi) is 4.20. The summed E-state index contributed by atoms with van der Waals surface area (Å²) in [5.41, 5.74) is -0.636. The van der Waals surface area contributed by atoms with Gasteiger partial charge in [-0.05, 0) is 12.5 Å². The molecule has 0 aromatic heterocycles. The minimum Gasteiger partial charge on any atom is -0.340 e. The maximum Gasteiger partial charge on any atom is 0.219 e. The van der Waals surface area contributed by atoms with Gasteiger partial charge in [0.2, 0.25) is 5.91 Å². The van der Waals surface area contributed by atoms with Crippen LogP contribution < -0.4 is 0 Å². The molecule has 1 atom stereocenters.